The minimum atomic E-state index is -0.977. The second-order valence-corrected chi connectivity index (χ2v) is 4.57. The van der Waals surface area contributed by atoms with Crippen LogP contribution in [0.1, 0.15) is 10.6 Å². The van der Waals surface area contributed by atoms with Crippen LogP contribution in [0.4, 0.5) is 13.9 Å². The third-order valence-electron chi connectivity index (χ3n) is 2.05. The normalized spacial score (nSPS) is 10.5. The Morgan fingerprint density at radius 3 is 2.47 bits per heavy atom. The number of phenols is 1. The molecule has 0 atom stereocenters. The van der Waals surface area contributed by atoms with E-state index in [0.29, 0.717) is 10.7 Å². The Bertz CT molecular complexity index is 521. The van der Waals surface area contributed by atoms with Gasteiger partial charge in [-0.25, -0.2) is 8.78 Å². The average molecular weight is 257 g/mol. The first-order valence-electron chi connectivity index (χ1n) is 4.77. The van der Waals surface area contributed by atoms with Gasteiger partial charge in [-0.3, -0.25) is 0 Å². The van der Waals surface area contributed by atoms with Crippen LogP contribution in [0, 0.1) is 18.6 Å². The van der Waals surface area contributed by atoms with Gasteiger partial charge in [-0.05, 0) is 24.6 Å². The van der Waals surface area contributed by atoms with Gasteiger partial charge in [-0.15, -0.1) is 10.2 Å². The fourth-order valence-electron chi connectivity index (χ4n) is 1.27. The number of nitrogens with zero attached hydrogens (tertiary/aromatic N) is 2. The molecule has 0 radical (unpaired) electrons. The van der Waals surface area contributed by atoms with Gasteiger partial charge in [0, 0.05) is 6.54 Å². The Labute approximate surface area is 99.9 Å². The zero-order valence-electron chi connectivity index (χ0n) is 8.87. The zero-order chi connectivity index (χ0) is 12.4. The van der Waals surface area contributed by atoms with E-state index < -0.39 is 17.4 Å². The van der Waals surface area contributed by atoms with Crippen molar-refractivity contribution in [2.45, 2.75) is 13.5 Å². The fourth-order valence-corrected chi connectivity index (χ4v) is 1.85. The van der Waals surface area contributed by atoms with Gasteiger partial charge in [-0.2, -0.15) is 0 Å². The van der Waals surface area contributed by atoms with Crippen molar-refractivity contribution in [1.82, 2.24) is 10.2 Å². The van der Waals surface area contributed by atoms with Gasteiger partial charge < -0.3 is 10.4 Å². The second kappa shape index (κ2) is 4.62. The van der Waals surface area contributed by atoms with Gasteiger partial charge in [0.2, 0.25) is 5.13 Å². The molecule has 1 aromatic carbocycles. The maximum Gasteiger partial charge on any atom is 0.205 e. The molecule has 2 rings (SSSR count). The summed E-state index contributed by atoms with van der Waals surface area (Å²) in [6.45, 7) is 2.02. The number of aryl methyl sites for hydroxylation is 1. The molecule has 0 unspecified atom stereocenters. The Balaban J connectivity index is 2.09. The first kappa shape index (κ1) is 11.7. The topological polar surface area (TPSA) is 58.0 Å². The molecular formula is C10H9F2N3OS. The lowest BCUT2D eigenvalue weighted by atomic mass is 10.2. The highest BCUT2D eigenvalue weighted by Gasteiger charge is 2.09. The number of aromatic hydroxyl groups is 1. The van der Waals surface area contributed by atoms with Gasteiger partial charge in [-0.1, -0.05) is 11.3 Å². The third-order valence-corrected chi connectivity index (χ3v) is 2.84. The van der Waals surface area contributed by atoms with Gasteiger partial charge >= 0.3 is 0 Å². The molecule has 2 aromatic rings. The summed E-state index contributed by atoms with van der Waals surface area (Å²) in [5, 5.41) is 20.8. The Morgan fingerprint density at radius 1 is 1.29 bits per heavy atom. The molecule has 0 spiro atoms. The standard InChI is InChI=1S/C10H9F2N3OS/c1-5-14-15-10(17-5)13-4-6-2-7(11)9(16)8(12)3-6/h2-3,16H,4H2,1H3,(H,13,15). The van der Waals surface area contributed by atoms with Gasteiger partial charge in [0.25, 0.3) is 0 Å². The fraction of sp³-hybridized carbons (Fsp3) is 0.200. The van der Waals surface area contributed by atoms with Crippen molar-refractivity contribution in [1.29, 1.82) is 0 Å². The molecule has 0 fully saturated rings. The van der Waals surface area contributed by atoms with Crippen molar-refractivity contribution in [3.63, 3.8) is 0 Å². The molecule has 0 saturated heterocycles. The number of hydrogen-bond acceptors (Lipinski definition) is 5. The van der Waals surface area contributed by atoms with Gasteiger partial charge in [0.15, 0.2) is 17.4 Å². The summed E-state index contributed by atoms with van der Waals surface area (Å²) in [5.74, 6) is -2.91. The first-order chi connectivity index (χ1) is 8.06. The molecule has 0 aliphatic rings. The predicted octanol–water partition coefficient (Wildman–Crippen LogP) is 2.44. The lowest BCUT2D eigenvalue weighted by Crippen LogP contribution is -2.00. The summed E-state index contributed by atoms with van der Waals surface area (Å²) in [5.41, 5.74) is 0.380. The summed E-state index contributed by atoms with van der Waals surface area (Å²) < 4.78 is 26.1. The number of benzene rings is 1. The molecule has 7 heteroatoms. The molecule has 1 aromatic heterocycles. The molecule has 4 nitrogen and oxygen atoms in total. The van der Waals surface area contributed by atoms with Crippen molar-refractivity contribution in [3.05, 3.63) is 34.3 Å². The van der Waals surface area contributed by atoms with Gasteiger partial charge in [0.1, 0.15) is 5.01 Å². The van der Waals surface area contributed by atoms with Crippen LogP contribution in [0.15, 0.2) is 12.1 Å². The molecule has 0 bridgehead atoms. The summed E-state index contributed by atoms with van der Waals surface area (Å²) in [7, 11) is 0. The Hall–Kier alpha value is -1.76. The smallest absolute Gasteiger partial charge is 0.205 e. The molecule has 0 amide bonds. The molecule has 0 aliphatic carbocycles. The Kier molecular flexibility index (Phi) is 3.19. The molecule has 0 aliphatic heterocycles. The molecule has 0 saturated carbocycles. The van der Waals surface area contributed by atoms with E-state index in [4.69, 9.17) is 5.11 Å². The van der Waals surface area contributed by atoms with E-state index in [1.165, 1.54) is 11.3 Å². The number of hydrogen-bond donors (Lipinski definition) is 2. The largest absolute Gasteiger partial charge is 0.503 e. The molecule has 2 N–H and O–H groups in total. The number of rotatable bonds is 3. The van der Waals surface area contributed by atoms with Crippen molar-refractivity contribution in [3.8, 4) is 5.75 Å². The van der Waals surface area contributed by atoms with Crippen LogP contribution < -0.4 is 5.32 Å². The Morgan fingerprint density at radius 2 is 1.94 bits per heavy atom. The predicted molar refractivity (Wildman–Crippen MR) is 60.0 cm³/mol. The van der Waals surface area contributed by atoms with Crippen molar-refractivity contribution in [2.75, 3.05) is 5.32 Å². The summed E-state index contributed by atoms with van der Waals surface area (Å²) in [4.78, 5) is 0. The van der Waals surface area contributed by atoms with E-state index in [2.05, 4.69) is 15.5 Å². The SMILES string of the molecule is Cc1nnc(NCc2cc(F)c(O)c(F)c2)s1. The lowest BCUT2D eigenvalue weighted by Gasteiger charge is -2.04. The van der Waals surface area contributed by atoms with Gasteiger partial charge in [0.05, 0.1) is 0 Å². The number of phenolic OH excluding ortho intramolecular Hbond substituents is 1. The highest BCUT2D eigenvalue weighted by atomic mass is 32.1. The maximum atomic E-state index is 13.0. The van der Waals surface area contributed by atoms with Crippen LogP contribution in [-0.2, 0) is 6.54 Å². The minimum Gasteiger partial charge on any atom is -0.503 e. The van der Waals surface area contributed by atoms with Crippen molar-refractivity contribution >= 4 is 16.5 Å². The number of anilines is 1. The van der Waals surface area contributed by atoms with E-state index in [0.717, 1.165) is 17.1 Å². The average Bonchev–Trinajstić information content (AvgIpc) is 2.69. The highest BCUT2D eigenvalue weighted by Crippen LogP contribution is 2.22. The molecule has 17 heavy (non-hydrogen) atoms. The van der Waals surface area contributed by atoms with E-state index in [1.54, 1.807) is 0 Å². The van der Waals surface area contributed by atoms with Crippen LogP contribution in [0.3, 0.4) is 0 Å². The number of halogens is 2. The minimum absolute atomic E-state index is 0.211. The van der Waals surface area contributed by atoms with Crippen LogP contribution >= 0.6 is 11.3 Å². The van der Waals surface area contributed by atoms with Crippen LogP contribution in [-0.4, -0.2) is 15.3 Å². The maximum absolute atomic E-state index is 13.0. The first-order valence-corrected chi connectivity index (χ1v) is 5.59. The quantitative estimate of drug-likeness (QED) is 0.886. The number of nitrogens with one attached hydrogen (secondary N) is 1. The van der Waals surface area contributed by atoms with E-state index in [-0.39, 0.29) is 6.54 Å². The van der Waals surface area contributed by atoms with Crippen LogP contribution in [0.2, 0.25) is 0 Å². The van der Waals surface area contributed by atoms with E-state index >= 15 is 0 Å². The van der Waals surface area contributed by atoms with Crippen molar-refractivity contribution in [2.24, 2.45) is 0 Å². The van der Waals surface area contributed by atoms with Crippen LogP contribution in [0.25, 0.3) is 0 Å². The lowest BCUT2D eigenvalue weighted by molar-refractivity contribution is 0.395. The number of aromatic nitrogens is 2. The van der Waals surface area contributed by atoms with Crippen molar-refractivity contribution < 1.29 is 13.9 Å². The van der Waals surface area contributed by atoms with E-state index in [1.807, 2.05) is 6.92 Å². The van der Waals surface area contributed by atoms with E-state index in [9.17, 15) is 8.78 Å². The third kappa shape index (κ3) is 2.68. The zero-order valence-corrected chi connectivity index (χ0v) is 9.68. The second-order valence-electron chi connectivity index (χ2n) is 3.39. The molecular weight excluding hydrogens is 248 g/mol. The summed E-state index contributed by atoms with van der Waals surface area (Å²) in [6.07, 6.45) is 0. The van der Waals surface area contributed by atoms with Crippen LogP contribution in [0.5, 0.6) is 5.75 Å². The summed E-state index contributed by atoms with van der Waals surface area (Å²) >= 11 is 1.35. The monoisotopic (exact) mass is 257 g/mol. The summed E-state index contributed by atoms with van der Waals surface area (Å²) in [6, 6.07) is 2.14. The highest BCUT2D eigenvalue weighted by molar-refractivity contribution is 7.15. The molecule has 90 valence electrons. The molecule has 1 heterocycles.